The number of halogens is 2. The zero-order chi connectivity index (χ0) is 11.5. The molecule has 1 saturated heterocycles. The first kappa shape index (κ1) is 11.9. The first-order valence-corrected chi connectivity index (χ1v) is 6.59. The van der Waals surface area contributed by atoms with E-state index in [2.05, 4.69) is 12.2 Å². The van der Waals surface area contributed by atoms with Crippen LogP contribution in [-0.4, -0.2) is 18.1 Å². The average Bonchev–Trinajstić information content (AvgIpc) is 2.44. The normalized spacial score (nSPS) is 26.4. The molecule has 2 atom stereocenters. The first-order valence-electron chi connectivity index (χ1n) is 5.43. The topological polar surface area (TPSA) is 12.0 Å². The number of nitrogens with one attached hydrogen (secondary N) is 1. The molecule has 1 aliphatic heterocycles. The van der Waals surface area contributed by atoms with Gasteiger partial charge in [0.15, 0.2) is 0 Å². The molecule has 1 fully saturated rings. The second kappa shape index (κ2) is 5.15. The lowest BCUT2D eigenvalue weighted by Gasteiger charge is -2.17. The van der Waals surface area contributed by atoms with Gasteiger partial charge in [0.1, 0.15) is 11.6 Å². The maximum absolute atomic E-state index is 13.6. The Balaban J connectivity index is 2.23. The van der Waals surface area contributed by atoms with Crippen molar-refractivity contribution in [1.29, 1.82) is 0 Å². The third-order valence-electron chi connectivity index (χ3n) is 2.75. The lowest BCUT2D eigenvalue weighted by Crippen LogP contribution is -2.27. The Bertz CT molecular complexity index is 350. The maximum atomic E-state index is 13.6. The Morgan fingerprint density at radius 3 is 2.62 bits per heavy atom. The highest BCUT2D eigenvalue weighted by molar-refractivity contribution is 7.99. The number of rotatable bonds is 1. The first-order chi connectivity index (χ1) is 7.68. The van der Waals surface area contributed by atoms with Gasteiger partial charge in [0, 0.05) is 17.4 Å². The quantitative estimate of drug-likeness (QED) is 0.814. The Morgan fingerprint density at radius 2 is 1.94 bits per heavy atom. The van der Waals surface area contributed by atoms with E-state index in [1.807, 2.05) is 0 Å². The summed E-state index contributed by atoms with van der Waals surface area (Å²) in [5.74, 6) is 1.41. The van der Waals surface area contributed by atoms with Gasteiger partial charge in [0.2, 0.25) is 0 Å². The number of hydrogen-bond donors (Lipinski definition) is 1. The highest BCUT2D eigenvalue weighted by Crippen LogP contribution is 2.27. The molecule has 1 N–H and O–H groups in total. The van der Waals surface area contributed by atoms with Crippen LogP contribution in [0, 0.1) is 17.6 Å². The second-order valence-electron chi connectivity index (χ2n) is 4.24. The van der Waals surface area contributed by atoms with Crippen molar-refractivity contribution in [3.63, 3.8) is 0 Å². The van der Waals surface area contributed by atoms with E-state index in [0.29, 0.717) is 5.92 Å². The van der Waals surface area contributed by atoms with E-state index in [4.69, 9.17) is 0 Å². The van der Waals surface area contributed by atoms with Crippen LogP contribution in [0.15, 0.2) is 18.2 Å². The third kappa shape index (κ3) is 2.55. The van der Waals surface area contributed by atoms with Gasteiger partial charge in [-0.05, 0) is 30.3 Å². The fourth-order valence-corrected chi connectivity index (χ4v) is 3.05. The number of hydrogen-bond acceptors (Lipinski definition) is 2. The molecule has 0 amide bonds. The molecule has 0 radical (unpaired) electrons. The van der Waals surface area contributed by atoms with E-state index in [-0.39, 0.29) is 11.6 Å². The van der Waals surface area contributed by atoms with Crippen molar-refractivity contribution in [3.8, 4) is 0 Å². The second-order valence-corrected chi connectivity index (χ2v) is 5.31. The minimum absolute atomic E-state index is 0.184. The van der Waals surface area contributed by atoms with E-state index in [1.54, 1.807) is 11.8 Å². The summed E-state index contributed by atoms with van der Waals surface area (Å²) in [5.41, 5.74) is 0.184. The minimum Gasteiger partial charge on any atom is -0.309 e. The standard InChI is InChI=1S/C12H15F2NS/c1-8-5-15-11(7-16-6-8)12-9(13)3-2-4-10(12)14/h2-4,8,11,15H,5-7H2,1H3. The van der Waals surface area contributed by atoms with Crippen LogP contribution in [0.25, 0.3) is 0 Å². The lowest BCUT2D eigenvalue weighted by molar-refractivity contribution is 0.471. The Morgan fingerprint density at radius 1 is 1.25 bits per heavy atom. The predicted molar refractivity (Wildman–Crippen MR) is 63.6 cm³/mol. The van der Waals surface area contributed by atoms with Crippen molar-refractivity contribution in [2.24, 2.45) is 5.92 Å². The summed E-state index contributed by atoms with van der Waals surface area (Å²) in [6.07, 6.45) is 0. The van der Waals surface area contributed by atoms with Crippen molar-refractivity contribution in [3.05, 3.63) is 35.4 Å². The monoisotopic (exact) mass is 243 g/mol. The molecule has 1 aliphatic rings. The highest BCUT2D eigenvalue weighted by Gasteiger charge is 2.22. The highest BCUT2D eigenvalue weighted by atomic mass is 32.2. The lowest BCUT2D eigenvalue weighted by atomic mass is 10.1. The largest absolute Gasteiger partial charge is 0.309 e. The van der Waals surface area contributed by atoms with Gasteiger partial charge >= 0.3 is 0 Å². The molecular formula is C12H15F2NS. The fourth-order valence-electron chi connectivity index (χ4n) is 1.88. The van der Waals surface area contributed by atoms with Gasteiger partial charge in [-0.3, -0.25) is 0 Å². The van der Waals surface area contributed by atoms with E-state index >= 15 is 0 Å². The van der Waals surface area contributed by atoms with Gasteiger partial charge in [0.05, 0.1) is 0 Å². The molecular weight excluding hydrogens is 228 g/mol. The molecule has 0 aliphatic carbocycles. The molecule has 1 heterocycles. The van der Waals surface area contributed by atoms with E-state index < -0.39 is 11.6 Å². The Hall–Kier alpha value is -0.610. The van der Waals surface area contributed by atoms with Crippen molar-refractivity contribution >= 4 is 11.8 Å². The zero-order valence-corrected chi connectivity index (χ0v) is 9.99. The van der Waals surface area contributed by atoms with Crippen LogP contribution in [0.5, 0.6) is 0 Å². The van der Waals surface area contributed by atoms with Gasteiger partial charge in [-0.1, -0.05) is 13.0 Å². The van der Waals surface area contributed by atoms with Gasteiger partial charge in [0.25, 0.3) is 0 Å². The van der Waals surface area contributed by atoms with Gasteiger partial charge in [-0.25, -0.2) is 8.78 Å². The summed E-state index contributed by atoms with van der Waals surface area (Å²) in [7, 11) is 0. The molecule has 1 nitrogen and oxygen atoms in total. The SMILES string of the molecule is CC1CNC(c2c(F)cccc2F)CSC1. The molecule has 88 valence electrons. The van der Waals surface area contributed by atoms with Crippen molar-refractivity contribution < 1.29 is 8.78 Å². The van der Waals surface area contributed by atoms with Crippen LogP contribution in [0.3, 0.4) is 0 Å². The fraction of sp³-hybridized carbons (Fsp3) is 0.500. The molecule has 0 spiro atoms. The Kier molecular flexibility index (Phi) is 3.82. The van der Waals surface area contributed by atoms with E-state index in [9.17, 15) is 8.78 Å². The average molecular weight is 243 g/mol. The van der Waals surface area contributed by atoms with E-state index in [0.717, 1.165) is 18.1 Å². The smallest absolute Gasteiger partial charge is 0.130 e. The zero-order valence-electron chi connectivity index (χ0n) is 9.17. The van der Waals surface area contributed by atoms with Crippen molar-refractivity contribution in [1.82, 2.24) is 5.32 Å². The molecule has 4 heteroatoms. The summed E-state index contributed by atoms with van der Waals surface area (Å²) >= 11 is 1.75. The van der Waals surface area contributed by atoms with Gasteiger partial charge in [-0.2, -0.15) is 11.8 Å². The summed E-state index contributed by atoms with van der Waals surface area (Å²) in [6, 6.07) is 3.83. The van der Waals surface area contributed by atoms with Crippen LogP contribution in [-0.2, 0) is 0 Å². The van der Waals surface area contributed by atoms with Crippen LogP contribution < -0.4 is 5.32 Å². The number of benzene rings is 1. The molecule has 16 heavy (non-hydrogen) atoms. The summed E-state index contributed by atoms with van der Waals surface area (Å²) in [6.45, 7) is 2.95. The van der Waals surface area contributed by atoms with Crippen molar-refractivity contribution in [2.75, 3.05) is 18.1 Å². The summed E-state index contributed by atoms with van der Waals surface area (Å²) < 4.78 is 27.2. The molecule has 2 rings (SSSR count). The van der Waals surface area contributed by atoms with Gasteiger partial charge in [-0.15, -0.1) is 0 Å². The summed E-state index contributed by atoms with van der Waals surface area (Å²) in [5, 5.41) is 3.23. The molecule has 0 aromatic heterocycles. The van der Waals surface area contributed by atoms with Crippen LogP contribution in [0.2, 0.25) is 0 Å². The van der Waals surface area contributed by atoms with Crippen molar-refractivity contribution in [2.45, 2.75) is 13.0 Å². The molecule has 0 bridgehead atoms. The molecule has 1 aromatic carbocycles. The van der Waals surface area contributed by atoms with Crippen LogP contribution in [0.1, 0.15) is 18.5 Å². The minimum atomic E-state index is -0.451. The molecule has 0 saturated carbocycles. The molecule has 1 aromatic rings. The maximum Gasteiger partial charge on any atom is 0.130 e. The van der Waals surface area contributed by atoms with E-state index in [1.165, 1.54) is 18.2 Å². The van der Waals surface area contributed by atoms with Gasteiger partial charge < -0.3 is 5.32 Å². The predicted octanol–water partition coefficient (Wildman–Crippen LogP) is 2.98. The molecule has 2 unspecified atom stereocenters. The van der Waals surface area contributed by atoms with Crippen LogP contribution >= 0.6 is 11.8 Å². The number of thioether (sulfide) groups is 1. The van der Waals surface area contributed by atoms with Crippen LogP contribution in [0.4, 0.5) is 8.78 Å². The Labute approximate surface area is 98.6 Å². The summed E-state index contributed by atoms with van der Waals surface area (Å²) in [4.78, 5) is 0. The third-order valence-corrected chi connectivity index (χ3v) is 4.12.